The summed E-state index contributed by atoms with van der Waals surface area (Å²) in [4.78, 5) is 14.2. The second-order valence-electron chi connectivity index (χ2n) is 4.59. The minimum atomic E-state index is -0.103. The Hall–Kier alpha value is -1.71. The van der Waals surface area contributed by atoms with Crippen LogP contribution in [0.5, 0.6) is 11.5 Å². The Morgan fingerprint density at radius 2 is 1.89 bits per heavy atom. The summed E-state index contributed by atoms with van der Waals surface area (Å²) >= 11 is 0. The topological polar surface area (TPSA) is 49.8 Å². The Morgan fingerprint density at radius 1 is 1.22 bits per heavy atom. The Kier molecular flexibility index (Phi) is 4.07. The van der Waals surface area contributed by atoms with Gasteiger partial charge in [0.2, 0.25) is 0 Å². The number of phenolic OH excluding ortho intramolecular Hbond substituents is 1. The van der Waals surface area contributed by atoms with E-state index in [-0.39, 0.29) is 11.7 Å². The molecule has 0 spiro atoms. The lowest BCUT2D eigenvalue weighted by molar-refractivity contribution is 0.0758. The van der Waals surface area contributed by atoms with Gasteiger partial charge < -0.3 is 14.7 Å². The largest absolute Gasteiger partial charge is 0.507 e. The molecule has 0 bridgehead atoms. The van der Waals surface area contributed by atoms with Crippen molar-refractivity contribution in [1.29, 1.82) is 0 Å². The van der Waals surface area contributed by atoms with Crippen molar-refractivity contribution in [2.45, 2.75) is 25.7 Å². The Bertz CT molecular complexity index is 423. The highest BCUT2D eigenvalue weighted by molar-refractivity contribution is 5.97. The van der Waals surface area contributed by atoms with Crippen LogP contribution in [0, 0.1) is 0 Å². The molecule has 1 fully saturated rings. The van der Waals surface area contributed by atoms with Gasteiger partial charge in [-0.2, -0.15) is 0 Å². The number of rotatable bonds is 2. The lowest BCUT2D eigenvalue weighted by atomic mass is 10.1. The van der Waals surface area contributed by atoms with E-state index in [9.17, 15) is 9.90 Å². The first-order valence-corrected chi connectivity index (χ1v) is 6.38. The summed E-state index contributed by atoms with van der Waals surface area (Å²) in [5, 5.41) is 9.80. The van der Waals surface area contributed by atoms with Crippen molar-refractivity contribution in [3.05, 3.63) is 23.8 Å². The monoisotopic (exact) mass is 249 g/mol. The fraction of sp³-hybridized carbons (Fsp3) is 0.500. The van der Waals surface area contributed by atoms with Crippen LogP contribution in [0.25, 0.3) is 0 Å². The maximum absolute atomic E-state index is 12.4. The van der Waals surface area contributed by atoms with Crippen molar-refractivity contribution >= 4 is 5.91 Å². The third kappa shape index (κ3) is 2.75. The van der Waals surface area contributed by atoms with Crippen molar-refractivity contribution in [2.24, 2.45) is 0 Å². The van der Waals surface area contributed by atoms with Gasteiger partial charge in [0, 0.05) is 13.1 Å². The number of carbonyl (C=O) groups excluding carboxylic acids is 1. The number of phenols is 1. The molecular formula is C14H19NO3. The zero-order valence-corrected chi connectivity index (χ0v) is 10.7. The van der Waals surface area contributed by atoms with Gasteiger partial charge in [-0.1, -0.05) is 12.8 Å². The van der Waals surface area contributed by atoms with Crippen molar-refractivity contribution in [2.75, 3.05) is 20.2 Å². The van der Waals surface area contributed by atoms with E-state index < -0.39 is 0 Å². The molecule has 0 unspecified atom stereocenters. The lowest BCUT2D eigenvalue weighted by Gasteiger charge is -2.21. The fourth-order valence-electron chi connectivity index (χ4n) is 2.26. The number of amides is 1. The number of methoxy groups -OCH3 is 1. The molecule has 1 saturated heterocycles. The zero-order chi connectivity index (χ0) is 13.0. The summed E-state index contributed by atoms with van der Waals surface area (Å²) in [7, 11) is 1.55. The molecule has 1 aromatic rings. The van der Waals surface area contributed by atoms with Crippen molar-refractivity contribution in [1.82, 2.24) is 4.90 Å². The minimum Gasteiger partial charge on any atom is -0.507 e. The van der Waals surface area contributed by atoms with Gasteiger partial charge in [-0.3, -0.25) is 4.79 Å². The summed E-state index contributed by atoms with van der Waals surface area (Å²) in [5.41, 5.74) is 0.330. The first kappa shape index (κ1) is 12.7. The SMILES string of the molecule is COc1ccc(O)c(C(=O)N2CCCCCC2)c1. The number of aromatic hydroxyl groups is 1. The van der Waals surface area contributed by atoms with Crippen LogP contribution in [-0.4, -0.2) is 36.1 Å². The Labute approximate surface area is 107 Å². The number of benzene rings is 1. The third-order valence-corrected chi connectivity index (χ3v) is 3.33. The van der Waals surface area contributed by atoms with Crippen LogP contribution in [0.1, 0.15) is 36.0 Å². The Morgan fingerprint density at radius 3 is 2.50 bits per heavy atom. The van der Waals surface area contributed by atoms with Gasteiger partial charge in [0.25, 0.3) is 5.91 Å². The summed E-state index contributed by atoms with van der Waals surface area (Å²) in [6.45, 7) is 1.55. The van der Waals surface area contributed by atoms with Crippen LogP contribution in [0.3, 0.4) is 0 Å². The second-order valence-corrected chi connectivity index (χ2v) is 4.59. The average molecular weight is 249 g/mol. The highest BCUT2D eigenvalue weighted by Crippen LogP contribution is 2.25. The highest BCUT2D eigenvalue weighted by Gasteiger charge is 2.20. The third-order valence-electron chi connectivity index (χ3n) is 3.33. The van der Waals surface area contributed by atoms with E-state index in [2.05, 4.69) is 0 Å². The van der Waals surface area contributed by atoms with Crippen molar-refractivity contribution in [3.8, 4) is 11.5 Å². The van der Waals surface area contributed by atoms with Crippen LogP contribution in [0.15, 0.2) is 18.2 Å². The van der Waals surface area contributed by atoms with Crippen LogP contribution in [0.2, 0.25) is 0 Å². The number of ether oxygens (including phenoxy) is 1. The molecule has 2 rings (SSSR count). The van der Waals surface area contributed by atoms with E-state index >= 15 is 0 Å². The minimum absolute atomic E-state index is 0.0186. The van der Waals surface area contributed by atoms with Gasteiger partial charge in [-0.25, -0.2) is 0 Å². The number of hydrogen-bond acceptors (Lipinski definition) is 3. The van der Waals surface area contributed by atoms with E-state index in [1.807, 2.05) is 4.90 Å². The van der Waals surface area contributed by atoms with Crippen LogP contribution >= 0.6 is 0 Å². The van der Waals surface area contributed by atoms with Gasteiger partial charge >= 0.3 is 0 Å². The number of likely N-dealkylation sites (tertiary alicyclic amines) is 1. The molecule has 0 aliphatic carbocycles. The molecule has 1 aromatic carbocycles. The first-order chi connectivity index (χ1) is 8.72. The molecule has 18 heavy (non-hydrogen) atoms. The molecule has 1 heterocycles. The summed E-state index contributed by atoms with van der Waals surface area (Å²) < 4.78 is 5.09. The fourth-order valence-corrected chi connectivity index (χ4v) is 2.26. The first-order valence-electron chi connectivity index (χ1n) is 6.38. The van der Waals surface area contributed by atoms with Crippen molar-refractivity contribution < 1.29 is 14.6 Å². The van der Waals surface area contributed by atoms with Crippen LogP contribution < -0.4 is 4.74 Å². The molecule has 1 N–H and O–H groups in total. The number of hydrogen-bond donors (Lipinski definition) is 1. The molecule has 0 saturated carbocycles. The Balaban J connectivity index is 2.21. The van der Waals surface area contributed by atoms with Gasteiger partial charge in [-0.05, 0) is 31.0 Å². The molecule has 1 aliphatic heterocycles. The highest BCUT2D eigenvalue weighted by atomic mass is 16.5. The maximum atomic E-state index is 12.4. The van der Waals surface area contributed by atoms with E-state index in [0.29, 0.717) is 11.3 Å². The van der Waals surface area contributed by atoms with Gasteiger partial charge in [0.15, 0.2) is 0 Å². The van der Waals surface area contributed by atoms with E-state index in [1.165, 1.54) is 18.9 Å². The van der Waals surface area contributed by atoms with Crippen molar-refractivity contribution in [3.63, 3.8) is 0 Å². The van der Waals surface area contributed by atoms with E-state index in [0.717, 1.165) is 25.9 Å². The molecule has 1 aliphatic rings. The standard InChI is InChI=1S/C14H19NO3/c1-18-11-6-7-13(16)12(10-11)14(17)15-8-4-2-3-5-9-15/h6-7,10,16H,2-5,8-9H2,1H3. The van der Waals surface area contributed by atoms with E-state index in [4.69, 9.17) is 4.74 Å². The van der Waals surface area contributed by atoms with Gasteiger partial charge in [-0.15, -0.1) is 0 Å². The zero-order valence-electron chi connectivity index (χ0n) is 10.7. The smallest absolute Gasteiger partial charge is 0.257 e. The molecule has 0 radical (unpaired) electrons. The summed E-state index contributed by atoms with van der Waals surface area (Å²) in [6.07, 6.45) is 4.43. The normalized spacial score (nSPS) is 16.2. The quantitative estimate of drug-likeness (QED) is 0.875. The maximum Gasteiger partial charge on any atom is 0.257 e. The molecular weight excluding hydrogens is 230 g/mol. The number of carbonyl (C=O) groups is 1. The van der Waals surface area contributed by atoms with Crippen LogP contribution in [0.4, 0.5) is 0 Å². The van der Waals surface area contributed by atoms with Crippen LogP contribution in [-0.2, 0) is 0 Å². The van der Waals surface area contributed by atoms with Gasteiger partial charge in [0.1, 0.15) is 11.5 Å². The summed E-state index contributed by atoms with van der Waals surface area (Å²) in [6, 6.07) is 4.75. The predicted molar refractivity (Wildman–Crippen MR) is 69.0 cm³/mol. The lowest BCUT2D eigenvalue weighted by Crippen LogP contribution is -2.31. The summed E-state index contributed by atoms with van der Waals surface area (Å²) in [5.74, 6) is 0.504. The van der Waals surface area contributed by atoms with Gasteiger partial charge in [0.05, 0.1) is 12.7 Å². The molecule has 4 heteroatoms. The predicted octanol–water partition coefficient (Wildman–Crippen LogP) is 2.42. The molecule has 4 nitrogen and oxygen atoms in total. The molecule has 0 atom stereocenters. The molecule has 0 aromatic heterocycles. The average Bonchev–Trinajstić information content (AvgIpc) is 2.67. The molecule has 98 valence electrons. The van der Waals surface area contributed by atoms with E-state index in [1.54, 1.807) is 19.2 Å². The number of nitrogens with zero attached hydrogens (tertiary/aromatic N) is 1. The second kappa shape index (κ2) is 5.76. The molecule has 1 amide bonds.